The van der Waals surface area contributed by atoms with Crippen LogP contribution in [0.5, 0.6) is 0 Å². The van der Waals surface area contributed by atoms with E-state index >= 15 is 0 Å². The predicted molar refractivity (Wildman–Crippen MR) is 119 cm³/mol. The molecular formula is C26H20O4. The maximum absolute atomic E-state index is 10.5. The quantitative estimate of drug-likeness (QED) is 0.339. The van der Waals surface area contributed by atoms with Crippen molar-refractivity contribution in [2.24, 2.45) is 0 Å². The molecule has 0 fully saturated rings. The van der Waals surface area contributed by atoms with E-state index in [2.05, 4.69) is 12.1 Å². The Hall–Kier alpha value is -3.02. The van der Waals surface area contributed by atoms with Crippen LogP contribution in [-0.4, -0.2) is 32.6 Å². The van der Waals surface area contributed by atoms with Crippen LogP contribution in [0.25, 0.3) is 44.5 Å². The Morgan fingerprint density at radius 3 is 1.33 bits per heavy atom. The van der Waals surface area contributed by atoms with E-state index in [4.69, 9.17) is 0 Å². The summed E-state index contributed by atoms with van der Waals surface area (Å²) in [6.45, 7) is 0. The molecule has 0 saturated heterocycles. The van der Waals surface area contributed by atoms with E-state index in [0.29, 0.717) is 0 Å². The van der Waals surface area contributed by atoms with Crippen LogP contribution in [0.3, 0.4) is 0 Å². The summed E-state index contributed by atoms with van der Waals surface area (Å²) in [7, 11) is 0. The van der Waals surface area contributed by atoms with Crippen molar-refractivity contribution in [2.45, 2.75) is 24.4 Å². The minimum atomic E-state index is -0.952. The third-order valence-corrected chi connectivity index (χ3v) is 6.52. The molecule has 4 N–H and O–H groups in total. The third kappa shape index (κ3) is 2.25. The number of hydrogen-bond acceptors (Lipinski definition) is 4. The summed E-state index contributed by atoms with van der Waals surface area (Å²) >= 11 is 0. The third-order valence-electron chi connectivity index (χ3n) is 6.52. The summed E-state index contributed by atoms with van der Waals surface area (Å²) in [4.78, 5) is 0. The number of benzene rings is 4. The smallest absolute Gasteiger partial charge is 0.109 e. The van der Waals surface area contributed by atoms with E-state index in [-0.39, 0.29) is 0 Å². The van der Waals surface area contributed by atoms with Crippen LogP contribution >= 0.6 is 0 Å². The average molecular weight is 396 g/mol. The Morgan fingerprint density at radius 2 is 0.900 bits per heavy atom. The van der Waals surface area contributed by atoms with Crippen LogP contribution in [0.2, 0.25) is 0 Å². The van der Waals surface area contributed by atoms with Crippen molar-refractivity contribution in [3.8, 4) is 0 Å². The molecule has 2 aliphatic rings. The maximum Gasteiger partial charge on any atom is 0.109 e. The van der Waals surface area contributed by atoms with E-state index < -0.39 is 24.4 Å². The fourth-order valence-electron chi connectivity index (χ4n) is 5.06. The van der Waals surface area contributed by atoms with Gasteiger partial charge in [-0.05, 0) is 54.6 Å². The van der Waals surface area contributed by atoms with Gasteiger partial charge in [-0.15, -0.1) is 0 Å². The highest BCUT2D eigenvalue weighted by molar-refractivity contribution is 6.28. The topological polar surface area (TPSA) is 80.9 Å². The van der Waals surface area contributed by atoms with Crippen molar-refractivity contribution in [1.82, 2.24) is 0 Å². The molecule has 0 heterocycles. The second-order valence-electron chi connectivity index (χ2n) is 8.12. The minimum absolute atomic E-state index is 0.721. The molecule has 4 heteroatoms. The van der Waals surface area contributed by atoms with E-state index in [1.165, 1.54) is 0 Å². The lowest BCUT2D eigenvalue weighted by Crippen LogP contribution is -2.20. The van der Waals surface area contributed by atoms with Crippen LogP contribution in [0.1, 0.15) is 34.5 Å². The maximum atomic E-state index is 10.5. The summed E-state index contributed by atoms with van der Waals surface area (Å²) < 4.78 is 0. The van der Waals surface area contributed by atoms with Crippen LogP contribution in [0.15, 0.2) is 60.7 Å². The van der Waals surface area contributed by atoms with Crippen molar-refractivity contribution in [2.75, 3.05) is 0 Å². The Labute approximate surface area is 172 Å². The largest absolute Gasteiger partial charge is 0.386 e. The molecule has 0 bridgehead atoms. The van der Waals surface area contributed by atoms with Gasteiger partial charge in [0, 0.05) is 0 Å². The van der Waals surface area contributed by atoms with E-state index in [1.807, 2.05) is 48.6 Å². The summed E-state index contributed by atoms with van der Waals surface area (Å²) in [6.07, 6.45) is 3.34. The Kier molecular flexibility index (Phi) is 3.70. The van der Waals surface area contributed by atoms with Gasteiger partial charge in [-0.2, -0.15) is 0 Å². The molecule has 4 aromatic carbocycles. The fourth-order valence-corrected chi connectivity index (χ4v) is 5.06. The molecule has 30 heavy (non-hydrogen) atoms. The monoisotopic (exact) mass is 396 g/mol. The summed E-state index contributed by atoms with van der Waals surface area (Å²) in [5, 5.41) is 47.5. The number of hydrogen-bond donors (Lipinski definition) is 4. The second kappa shape index (κ2) is 6.24. The molecule has 0 saturated carbocycles. The van der Waals surface area contributed by atoms with Crippen LogP contribution < -0.4 is 0 Å². The van der Waals surface area contributed by atoms with Crippen molar-refractivity contribution in [3.63, 3.8) is 0 Å². The molecule has 2 aliphatic carbocycles. The first kappa shape index (κ1) is 17.8. The number of fused-ring (bicyclic) bond motifs is 10. The average Bonchev–Trinajstić information content (AvgIpc) is 2.78. The highest BCUT2D eigenvalue weighted by Crippen LogP contribution is 2.44. The summed E-state index contributed by atoms with van der Waals surface area (Å²) in [5.41, 5.74) is 3.29. The van der Waals surface area contributed by atoms with E-state index in [0.717, 1.165) is 54.6 Å². The van der Waals surface area contributed by atoms with Gasteiger partial charge in [0.15, 0.2) is 0 Å². The van der Waals surface area contributed by atoms with Crippen molar-refractivity contribution >= 4 is 44.5 Å². The zero-order valence-electron chi connectivity index (χ0n) is 16.0. The molecule has 0 amide bonds. The summed E-state index contributed by atoms with van der Waals surface area (Å²) in [6, 6.07) is 15.9. The number of aliphatic hydroxyl groups is 4. The lowest BCUT2D eigenvalue weighted by Gasteiger charge is -2.26. The standard InChI is InChI=1S/C26H20O4/c27-21-11-9-17-19(25(21)29)7-5-15-16-6-8-20-18(10-12-22(28)26(20)30)24(16)14-4-2-1-3-13(14)23(15)17/h1-12,21-22,25-30H/t21-,22+,25-,26+. The zero-order valence-corrected chi connectivity index (χ0v) is 16.0. The molecular weight excluding hydrogens is 376 g/mol. The van der Waals surface area contributed by atoms with Crippen LogP contribution in [0, 0.1) is 0 Å². The molecule has 0 unspecified atom stereocenters. The molecule has 6 rings (SSSR count). The first-order valence-electron chi connectivity index (χ1n) is 10.1. The van der Waals surface area contributed by atoms with Gasteiger partial charge in [-0.1, -0.05) is 72.8 Å². The molecule has 0 aromatic heterocycles. The first-order chi connectivity index (χ1) is 14.6. The Balaban J connectivity index is 1.84. The number of rotatable bonds is 0. The van der Waals surface area contributed by atoms with Gasteiger partial charge in [0.2, 0.25) is 0 Å². The zero-order chi connectivity index (χ0) is 20.6. The van der Waals surface area contributed by atoms with Gasteiger partial charge in [-0.25, -0.2) is 0 Å². The van der Waals surface area contributed by atoms with Crippen molar-refractivity contribution in [1.29, 1.82) is 0 Å². The Bertz CT molecular complexity index is 1290. The van der Waals surface area contributed by atoms with Crippen molar-refractivity contribution < 1.29 is 20.4 Å². The first-order valence-corrected chi connectivity index (χ1v) is 10.1. The highest BCUT2D eigenvalue weighted by Gasteiger charge is 2.27. The molecule has 4 nitrogen and oxygen atoms in total. The summed E-state index contributed by atoms with van der Waals surface area (Å²) in [5.74, 6) is 0. The highest BCUT2D eigenvalue weighted by atomic mass is 16.3. The Morgan fingerprint density at radius 1 is 0.500 bits per heavy atom. The molecule has 0 radical (unpaired) electrons. The molecule has 0 spiro atoms. The fraction of sp³-hybridized carbons (Fsp3) is 0.154. The van der Waals surface area contributed by atoms with E-state index in [9.17, 15) is 20.4 Å². The second-order valence-corrected chi connectivity index (χ2v) is 8.12. The normalized spacial score (nSPS) is 25.1. The van der Waals surface area contributed by atoms with E-state index in [1.54, 1.807) is 12.2 Å². The van der Waals surface area contributed by atoms with Gasteiger partial charge < -0.3 is 20.4 Å². The lowest BCUT2D eigenvalue weighted by molar-refractivity contribution is 0.0471. The minimum Gasteiger partial charge on any atom is -0.386 e. The van der Waals surface area contributed by atoms with Crippen LogP contribution in [0.4, 0.5) is 0 Å². The van der Waals surface area contributed by atoms with Crippen molar-refractivity contribution in [3.05, 3.63) is 82.9 Å². The van der Waals surface area contributed by atoms with Gasteiger partial charge in [0.25, 0.3) is 0 Å². The molecule has 0 aliphatic heterocycles. The molecule has 4 aromatic rings. The lowest BCUT2D eigenvalue weighted by atomic mass is 9.82. The predicted octanol–water partition coefficient (Wildman–Crippen LogP) is 3.99. The number of aliphatic hydroxyl groups excluding tert-OH is 4. The van der Waals surface area contributed by atoms with Gasteiger partial charge >= 0.3 is 0 Å². The SMILES string of the molecule is O[C@@H]1C=Cc2c(ccc3c4ccc5c(c4c4ccccc4c23)C=C[C@H](O)[C@H]5O)[C@H]1O. The van der Waals surface area contributed by atoms with Gasteiger partial charge in [-0.3, -0.25) is 0 Å². The van der Waals surface area contributed by atoms with Crippen LogP contribution in [-0.2, 0) is 0 Å². The van der Waals surface area contributed by atoms with Gasteiger partial charge in [0.05, 0.1) is 0 Å². The molecule has 148 valence electrons. The van der Waals surface area contributed by atoms with Gasteiger partial charge in [0.1, 0.15) is 24.4 Å². The molecule has 4 atom stereocenters.